The number of benzene rings is 2. The summed E-state index contributed by atoms with van der Waals surface area (Å²) < 4.78 is 5.32. The highest BCUT2D eigenvalue weighted by atomic mass is 35.5. The molecule has 0 aliphatic carbocycles. The molecule has 1 amide bonds. The molecule has 1 N–H and O–H groups in total. The number of nitro groups is 1. The highest BCUT2D eigenvalue weighted by molar-refractivity contribution is 7.15. The predicted octanol–water partition coefficient (Wildman–Crippen LogP) is 6.20. The zero-order valence-corrected chi connectivity index (χ0v) is 18.6. The molecule has 1 heterocycles. The number of nitrogens with zero attached hydrogens (tertiary/aromatic N) is 1. The van der Waals surface area contributed by atoms with Gasteiger partial charge in [0, 0.05) is 39.7 Å². The zero-order chi connectivity index (χ0) is 23.1. The smallest absolute Gasteiger partial charge is 0.341 e. The van der Waals surface area contributed by atoms with Gasteiger partial charge in [0.2, 0.25) is 5.91 Å². The molecule has 0 saturated carbocycles. The molecular formula is C23H19ClN2O5S. The van der Waals surface area contributed by atoms with Crippen LogP contribution in [-0.4, -0.2) is 23.4 Å². The maximum Gasteiger partial charge on any atom is 0.341 e. The molecule has 0 spiro atoms. The Balaban J connectivity index is 1.88. The van der Waals surface area contributed by atoms with Crippen LogP contribution in [0.25, 0.3) is 17.2 Å². The van der Waals surface area contributed by atoms with Gasteiger partial charge >= 0.3 is 5.97 Å². The number of hydrogen-bond donors (Lipinski definition) is 1. The van der Waals surface area contributed by atoms with Crippen LogP contribution in [0.15, 0.2) is 60.0 Å². The quantitative estimate of drug-likeness (QED) is 0.183. The number of ether oxygens (including phenoxy) is 1. The number of anilines is 1. The lowest BCUT2D eigenvalue weighted by Crippen LogP contribution is -2.13. The molecule has 0 radical (unpaired) electrons. The molecule has 0 saturated heterocycles. The van der Waals surface area contributed by atoms with Crippen molar-refractivity contribution < 1.29 is 19.2 Å². The fourth-order valence-corrected chi connectivity index (χ4v) is 4.05. The summed E-state index contributed by atoms with van der Waals surface area (Å²) in [4.78, 5) is 35.7. The van der Waals surface area contributed by atoms with Crippen molar-refractivity contribution in [1.29, 1.82) is 0 Å². The molecule has 9 heteroatoms. The second-order valence-electron chi connectivity index (χ2n) is 6.64. The Morgan fingerprint density at radius 1 is 1.19 bits per heavy atom. The zero-order valence-electron chi connectivity index (χ0n) is 17.0. The third-order valence-corrected chi connectivity index (χ3v) is 5.57. The Bertz CT molecular complexity index is 1190. The molecule has 32 heavy (non-hydrogen) atoms. The highest BCUT2D eigenvalue weighted by Crippen LogP contribution is 2.39. The Hall–Kier alpha value is -3.49. The SMILES string of the molecule is CCCOC(=O)c1c(-c2ccccc2Cl)csc1NC(=O)/C=C/c1cccc([N+](=O)[O-])c1. The number of halogens is 1. The number of nitrogens with one attached hydrogen (secondary N) is 1. The first-order chi connectivity index (χ1) is 15.4. The average molecular weight is 471 g/mol. The molecule has 164 valence electrons. The molecule has 3 rings (SSSR count). The summed E-state index contributed by atoms with van der Waals surface area (Å²) in [5.41, 5.74) is 1.88. The number of nitro benzene ring substituents is 1. The van der Waals surface area contributed by atoms with Crippen LogP contribution in [0.3, 0.4) is 0 Å². The van der Waals surface area contributed by atoms with Gasteiger partial charge in [-0.3, -0.25) is 14.9 Å². The van der Waals surface area contributed by atoms with Crippen molar-refractivity contribution in [3.05, 3.63) is 86.3 Å². The average Bonchev–Trinajstić information content (AvgIpc) is 3.19. The first-order valence-corrected chi connectivity index (χ1v) is 10.9. The Labute approximate surface area is 193 Å². The maximum absolute atomic E-state index is 12.8. The fraction of sp³-hybridized carbons (Fsp3) is 0.130. The molecule has 0 bridgehead atoms. The van der Waals surface area contributed by atoms with Gasteiger partial charge in [-0.05, 0) is 24.1 Å². The summed E-state index contributed by atoms with van der Waals surface area (Å²) in [6.45, 7) is 2.13. The first-order valence-electron chi connectivity index (χ1n) is 9.67. The van der Waals surface area contributed by atoms with E-state index < -0.39 is 16.8 Å². The van der Waals surface area contributed by atoms with Crippen molar-refractivity contribution in [1.82, 2.24) is 0 Å². The van der Waals surface area contributed by atoms with Crippen molar-refractivity contribution in [2.24, 2.45) is 0 Å². The van der Waals surface area contributed by atoms with Crippen LogP contribution in [0.4, 0.5) is 10.7 Å². The van der Waals surface area contributed by atoms with E-state index in [2.05, 4.69) is 5.32 Å². The van der Waals surface area contributed by atoms with Crippen LogP contribution in [0.2, 0.25) is 5.02 Å². The minimum absolute atomic E-state index is 0.0730. The normalized spacial score (nSPS) is 10.8. The van der Waals surface area contributed by atoms with E-state index in [0.29, 0.717) is 33.1 Å². The third-order valence-electron chi connectivity index (χ3n) is 4.34. The predicted molar refractivity (Wildman–Crippen MR) is 126 cm³/mol. The van der Waals surface area contributed by atoms with Gasteiger partial charge in [-0.2, -0.15) is 0 Å². The number of hydrogen-bond acceptors (Lipinski definition) is 6. The lowest BCUT2D eigenvalue weighted by Gasteiger charge is -2.09. The topological polar surface area (TPSA) is 98.5 Å². The van der Waals surface area contributed by atoms with Crippen molar-refractivity contribution in [2.75, 3.05) is 11.9 Å². The Morgan fingerprint density at radius 2 is 1.97 bits per heavy atom. The van der Waals surface area contributed by atoms with Gasteiger partial charge in [0.1, 0.15) is 10.6 Å². The second-order valence-corrected chi connectivity index (χ2v) is 7.93. The molecule has 7 nitrogen and oxygen atoms in total. The largest absolute Gasteiger partial charge is 0.462 e. The van der Waals surface area contributed by atoms with Crippen LogP contribution in [0.1, 0.15) is 29.3 Å². The molecule has 0 fully saturated rings. The Morgan fingerprint density at radius 3 is 2.69 bits per heavy atom. The molecule has 0 aliphatic heterocycles. The van der Waals surface area contributed by atoms with Gasteiger partial charge in [-0.15, -0.1) is 11.3 Å². The number of esters is 1. The summed E-state index contributed by atoms with van der Waals surface area (Å²) in [5, 5.41) is 16.1. The van der Waals surface area contributed by atoms with Crippen LogP contribution < -0.4 is 5.32 Å². The summed E-state index contributed by atoms with van der Waals surface area (Å²) in [6, 6.07) is 13.0. The first kappa shape index (κ1) is 23.2. The minimum atomic E-state index is -0.555. The molecule has 0 atom stereocenters. The lowest BCUT2D eigenvalue weighted by atomic mass is 10.0. The van der Waals surface area contributed by atoms with E-state index in [-0.39, 0.29) is 17.9 Å². The summed E-state index contributed by atoms with van der Waals surface area (Å²) in [5.74, 6) is -1.05. The molecule has 3 aromatic rings. The van der Waals surface area contributed by atoms with Crippen molar-refractivity contribution in [3.8, 4) is 11.1 Å². The van der Waals surface area contributed by atoms with E-state index in [0.717, 1.165) is 0 Å². The lowest BCUT2D eigenvalue weighted by molar-refractivity contribution is -0.384. The number of carbonyl (C=O) groups is 2. The Kier molecular flexibility index (Phi) is 7.75. The van der Waals surface area contributed by atoms with Gasteiger partial charge in [-0.1, -0.05) is 48.9 Å². The summed E-state index contributed by atoms with van der Waals surface area (Å²) >= 11 is 7.50. The number of rotatable bonds is 8. The molecule has 1 aromatic heterocycles. The minimum Gasteiger partial charge on any atom is -0.462 e. The van der Waals surface area contributed by atoms with Crippen LogP contribution >= 0.6 is 22.9 Å². The van der Waals surface area contributed by atoms with Crippen LogP contribution in [0.5, 0.6) is 0 Å². The van der Waals surface area contributed by atoms with Crippen molar-refractivity contribution in [2.45, 2.75) is 13.3 Å². The fourth-order valence-electron chi connectivity index (χ4n) is 2.86. The number of non-ortho nitro benzene ring substituents is 1. The highest BCUT2D eigenvalue weighted by Gasteiger charge is 2.23. The van der Waals surface area contributed by atoms with E-state index in [4.69, 9.17) is 16.3 Å². The van der Waals surface area contributed by atoms with E-state index in [9.17, 15) is 19.7 Å². The third kappa shape index (κ3) is 5.60. The molecule has 0 unspecified atom stereocenters. The van der Waals surface area contributed by atoms with E-state index >= 15 is 0 Å². The van der Waals surface area contributed by atoms with Crippen LogP contribution in [0, 0.1) is 10.1 Å². The van der Waals surface area contributed by atoms with Crippen molar-refractivity contribution >= 4 is 51.6 Å². The maximum atomic E-state index is 12.8. The molecule has 0 aliphatic rings. The monoisotopic (exact) mass is 470 g/mol. The van der Waals surface area contributed by atoms with E-state index in [1.165, 1.54) is 41.7 Å². The number of carbonyl (C=O) groups excluding carboxylic acids is 2. The summed E-state index contributed by atoms with van der Waals surface area (Å²) in [7, 11) is 0. The van der Waals surface area contributed by atoms with E-state index in [1.807, 2.05) is 6.92 Å². The number of thiophene rings is 1. The number of amides is 1. The summed E-state index contributed by atoms with van der Waals surface area (Å²) in [6.07, 6.45) is 3.36. The van der Waals surface area contributed by atoms with Gasteiger partial charge in [-0.25, -0.2) is 4.79 Å². The van der Waals surface area contributed by atoms with Gasteiger partial charge < -0.3 is 10.1 Å². The molecule has 2 aromatic carbocycles. The van der Waals surface area contributed by atoms with Gasteiger partial charge in [0.15, 0.2) is 0 Å². The van der Waals surface area contributed by atoms with Crippen molar-refractivity contribution in [3.63, 3.8) is 0 Å². The standard InChI is InChI=1S/C23H19ClN2O5S/c1-2-12-31-23(28)21-18(17-8-3-4-9-19(17)24)14-32-22(21)25-20(27)11-10-15-6-5-7-16(13-15)26(29)30/h3-11,13-14H,2,12H2,1H3,(H,25,27)/b11-10+. The molecular weight excluding hydrogens is 452 g/mol. The van der Waals surface area contributed by atoms with Gasteiger partial charge in [0.25, 0.3) is 5.69 Å². The van der Waals surface area contributed by atoms with E-state index in [1.54, 1.807) is 35.7 Å². The second kappa shape index (κ2) is 10.7. The van der Waals surface area contributed by atoms with Crippen LogP contribution in [-0.2, 0) is 9.53 Å². The van der Waals surface area contributed by atoms with Gasteiger partial charge in [0.05, 0.1) is 11.5 Å².